The Hall–Kier alpha value is -1.12. The first-order chi connectivity index (χ1) is 15.8. The molecule has 0 atom stereocenters. The Morgan fingerprint density at radius 2 is 1.41 bits per heavy atom. The minimum absolute atomic E-state index is 0.790. The summed E-state index contributed by atoms with van der Waals surface area (Å²) in [5, 5.41) is 0. The second-order valence-electron chi connectivity index (χ2n) is 10.1. The molecule has 0 N–H and O–H groups in total. The van der Waals surface area contributed by atoms with E-state index in [0.29, 0.717) is 0 Å². The van der Waals surface area contributed by atoms with Crippen LogP contribution in [0.1, 0.15) is 114 Å². The van der Waals surface area contributed by atoms with Crippen LogP contribution in [-0.2, 0) is 6.42 Å². The standard InChI is InChI=1S/C30H42S2/c1-3-5-7-8-10-12-27-21-29-30(31-27)22-28(32-29)26-19-17-25(18-20-26)24-15-13-23(14-16-24)11-9-6-4-2/h17-24H,3-16H2,1-2H3/t23-,24-. The summed E-state index contributed by atoms with van der Waals surface area (Å²) in [5.41, 5.74) is 2.97. The molecule has 1 fully saturated rings. The molecule has 0 saturated heterocycles. The Kier molecular flexibility index (Phi) is 9.29. The van der Waals surface area contributed by atoms with Crippen LogP contribution >= 0.6 is 22.7 Å². The lowest BCUT2D eigenvalue weighted by molar-refractivity contribution is 0.303. The molecule has 1 aliphatic rings. The molecule has 174 valence electrons. The molecule has 0 nitrogen and oxygen atoms in total. The average Bonchev–Trinajstić information content (AvgIpc) is 3.39. The summed E-state index contributed by atoms with van der Waals surface area (Å²) < 4.78 is 2.97. The molecule has 0 aliphatic heterocycles. The number of thiophene rings is 2. The van der Waals surface area contributed by atoms with E-state index in [4.69, 9.17) is 0 Å². The van der Waals surface area contributed by atoms with Crippen molar-refractivity contribution in [3.05, 3.63) is 46.8 Å². The van der Waals surface area contributed by atoms with Crippen LogP contribution in [-0.4, -0.2) is 0 Å². The largest absolute Gasteiger partial charge is 0.139 e. The van der Waals surface area contributed by atoms with Gasteiger partial charge in [-0.15, -0.1) is 22.7 Å². The Labute approximate surface area is 204 Å². The van der Waals surface area contributed by atoms with Crippen molar-refractivity contribution in [2.75, 3.05) is 0 Å². The van der Waals surface area contributed by atoms with E-state index in [9.17, 15) is 0 Å². The molecule has 2 aromatic heterocycles. The highest BCUT2D eigenvalue weighted by molar-refractivity contribution is 7.29. The molecule has 0 spiro atoms. The van der Waals surface area contributed by atoms with Gasteiger partial charge in [-0.25, -0.2) is 0 Å². The quantitative estimate of drug-likeness (QED) is 0.233. The number of aryl methyl sites for hydroxylation is 1. The zero-order valence-corrected chi connectivity index (χ0v) is 22.0. The normalized spacial score (nSPS) is 19.1. The maximum absolute atomic E-state index is 2.46. The minimum Gasteiger partial charge on any atom is -0.139 e. The fourth-order valence-electron chi connectivity index (χ4n) is 5.44. The van der Waals surface area contributed by atoms with Gasteiger partial charge in [-0.2, -0.15) is 0 Å². The van der Waals surface area contributed by atoms with E-state index in [2.05, 4.69) is 50.2 Å². The van der Waals surface area contributed by atoms with E-state index in [0.717, 1.165) is 11.8 Å². The van der Waals surface area contributed by atoms with Gasteiger partial charge in [-0.05, 0) is 73.6 Å². The highest BCUT2D eigenvalue weighted by Crippen LogP contribution is 2.41. The maximum Gasteiger partial charge on any atom is 0.0460 e. The van der Waals surface area contributed by atoms with Crippen LogP contribution in [0.25, 0.3) is 19.8 Å². The summed E-state index contributed by atoms with van der Waals surface area (Å²) in [6.45, 7) is 4.60. The maximum atomic E-state index is 2.46. The van der Waals surface area contributed by atoms with E-state index in [-0.39, 0.29) is 0 Å². The van der Waals surface area contributed by atoms with E-state index in [1.807, 2.05) is 22.7 Å². The van der Waals surface area contributed by atoms with Gasteiger partial charge in [0, 0.05) is 19.2 Å². The third-order valence-electron chi connectivity index (χ3n) is 7.51. The Morgan fingerprint density at radius 1 is 0.719 bits per heavy atom. The summed E-state index contributed by atoms with van der Waals surface area (Å²) in [6.07, 6.45) is 19.5. The molecular weight excluding hydrogens is 424 g/mol. The number of fused-ring (bicyclic) bond motifs is 1. The molecule has 0 unspecified atom stereocenters. The first-order valence-electron chi connectivity index (χ1n) is 13.4. The van der Waals surface area contributed by atoms with Crippen LogP contribution in [0.5, 0.6) is 0 Å². The van der Waals surface area contributed by atoms with Crippen LogP contribution in [0.15, 0.2) is 36.4 Å². The van der Waals surface area contributed by atoms with Crippen molar-refractivity contribution in [1.82, 2.24) is 0 Å². The SMILES string of the molecule is CCCCCCCc1cc2sc(-c3ccc([C@H]4CC[C@H](CCCCC)CC4)cc3)cc2s1. The Morgan fingerprint density at radius 3 is 2.12 bits per heavy atom. The Bertz CT molecular complexity index is 890. The molecule has 2 heterocycles. The Balaban J connectivity index is 1.29. The van der Waals surface area contributed by atoms with Gasteiger partial charge in [-0.1, -0.05) is 89.5 Å². The van der Waals surface area contributed by atoms with Crippen molar-refractivity contribution in [2.24, 2.45) is 5.92 Å². The zero-order valence-electron chi connectivity index (χ0n) is 20.3. The van der Waals surface area contributed by atoms with Crippen molar-refractivity contribution in [3.8, 4) is 10.4 Å². The number of benzene rings is 1. The number of hydrogen-bond acceptors (Lipinski definition) is 2. The predicted octanol–water partition coefficient (Wildman–Crippen LogP) is 11.0. The molecule has 32 heavy (non-hydrogen) atoms. The molecule has 1 aromatic carbocycles. The molecule has 3 aromatic rings. The molecule has 0 amide bonds. The lowest BCUT2D eigenvalue weighted by Gasteiger charge is -2.29. The smallest absolute Gasteiger partial charge is 0.0460 e. The number of rotatable bonds is 12. The first-order valence-corrected chi connectivity index (χ1v) is 15.0. The first kappa shape index (κ1) is 24.0. The lowest BCUT2D eigenvalue weighted by atomic mass is 9.77. The highest BCUT2D eigenvalue weighted by atomic mass is 32.1. The second kappa shape index (κ2) is 12.4. The summed E-state index contributed by atoms with van der Waals surface area (Å²) in [6, 6.07) is 14.5. The topological polar surface area (TPSA) is 0 Å². The number of hydrogen-bond donors (Lipinski definition) is 0. The second-order valence-corrected chi connectivity index (χ2v) is 12.3. The van der Waals surface area contributed by atoms with E-state index < -0.39 is 0 Å². The zero-order chi connectivity index (χ0) is 22.2. The summed E-state index contributed by atoms with van der Waals surface area (Å²) in [4.78, 5) is 3.02. The van der Waals surface area contributed by atoms with Crippen LogP contribution in [0.2, 0.25) is 0 Å². The van der Waals surface area contributed by atoms with Gasteiger partial charge in [0.2, 0.25) is 0 Å². The summed E-state index contributed by atoms with van der Waals surface area (Å²) in [5.74, 6) is 1.79. The minimum atomic E-state index is 0.790. The van der Waals surface area contributed by atoms with Gasteiger partial charge in [-0.3, -0.25) is 0 Å². The van der Waals surface area contributed by atoms with Crippen molar-refractivity contribution in [2.45, 2.75) is 110 Å². The summed E-state index contributed by atoms with van der Waals surface area (Å²) in [7, 11) is 0. The van der Waals surface area contributed by atoms with Gasteiger partial charge < -0.3 is 0 Å². The fraction of sp³-hybridized carbons (Fsp3) is 0.600. The molecule has 0 radical (unpaired) electrons. The molecule has 1 aliphatic carbocycles. The molecule has 4 rings (SSSR count). The lowest BCUT2D eigenvalue weighted by Crippen LogP contribution is -2.13. The van der Waals surface area contributed by atoms with Crippen molar-refractivity contribution >= 4 is 32.1 Å². The van der Waals surface area contributed by atoms with Crippen molar-refractivity contribution in [3.63, 3.8) is 0 Å². The van der Waals surface area contributed by atoms with Crippen LogP contribution in [0.3, 0.4) is 0 Å². The molecule has 0 bridgehead atoms. The fourth-order valence-corrected chi connectivity index (χ4v) is 7.91. The average molecular weight is 467 g/mol. The molecular formula is C30H42S2. The monoisotopic (exact) mass is 466 g/mol. The number of unbranched alkanes of at least 4 members (excludes halogenated alkanes) is 6. The molecule has 1 saturated carbocycles. The van der Waals surface area contributed by atoms with Gasteiger partial charge in [0.25, 0.3) is 0 Å². The van der Waals surface area contributed by atoms with Gasteiger partial charge >= 0.3 is 0 Å². The van der Waals surface area contributed by atoms with Gasteiger partial charge in [0.05, 0.1) is 0 Å². The molecule has 2 heteroatoms. The predicted molar refractivity (Wildman–Crippen MR) is 146 cm³/mol. The third kappa shape index (κ3) is 6.48. The van der Waals surface area contributed by atoms with Crippen molar-refractivity contribution < 1.29 is 0 Å². The van der Waals surface area contributed by atoms with E-state index >= 15 is 0 Å². The van der Waals surface area contributed by atoms with E-state index in [1.54, 1.807) is 10.4 Å². The van der Waals surface area contributed by atoms with Crippen molar-refractivity contribution in [1.29, 1.82) is 0 Å². The highest BCUT2D eigenvalue weighted by Gasteiger charge is 2.22. The summed E-state index contributed by atoms with van der Waals surface area (Å²) >= 11 is 4.00. The van der Waals surface area contributed by atoms with Gasteiger partial charge in [0.1, 0.15) is 0 Å². The third-order valence-corrected chi connectivity index (χ3v) is 9.92. The van der Waals surface area contributed by atoms with Crippen LogP contribution in [0, 0.1) is 5.92 Å². The van der Waals surface area contributed by atoms with Gasteiger partial charge in [0.15, 0.2) is 0 Å². The van der Waals surface area contributed by atoms with E-state index in [1.165, 1.54) is 110 Å². The van der Waals surface area contributed by atoms with Crippen LogP contribution in [0.4, 0.5) is 0 Å². The van der Waals surface area contributed by atoms with Crippen LogP contribution < -0.4 is 0 Å².